The number of aromatic nitrogens is 8. The second-order valence-corrected chi connectivity index (χ2v) is 18.7. The number of aliphatic hydroxyl groups excluding tert-OH is 1. The highest BCUT2D eigenvalue weighted by atomic mass is 32.7. The largest absolute Gasteiger partial charge is 0.393 e. The second kappa shape index (κ2) is 15.9. The van der Waals surface area contributed by atoms with Crippen molar-refractivity contribution < 1.29 is 50.9 Å². The van der Waals surface area contributed by atoms with Gasteiger partial charge in [-0.3, -0.25) is 32.3 Å². The first-order chi connectivity index (χ1) is 27.4. The molecule has 9 atom stereocenters. The number of nitriles is 1. The van der Waals surface area contributed by atoms with Crippen molar-refractivity contribution in [3.8, 4) is 6.07 Å². The van der Waals surface area contributed by atoms with E-state index in [1.807, 2.05) is 6.07 Å². The Morgan fingerprint density at radius 2 is 1.91 bits per heavy atom. The predicted octanol–water partition coefficient (Wildman–Crippen LogP) is 3.11. The molecule has 21 nitrogen and oxygen atoms in total. The Morgan fingerprint density at radius 3 is 2.70 bits per heavy atom. The first-order valence-corrected chi connectivity index (χ1v) is 22.3. The summed E-state index contributed by atoms with van der Waals surface area (Å²) in [6.07, 6.45) is -4.18. The van der Waals surface area contributed by atoms with Crippen molar-refractivity contribution in [2.75, 3.05) is 31.7 Å². The number of rotatable bonds is 8. The van der Waals surface area contributed by atoms with Crippen LogP contribution < -0.4 is 10.9 Å². The molecule has 5 aromatic rings. The number of ether oxygens (including phenoxy) is 2. The van der Waals surface area contributed by atoms with E-state index in [1.165, 1.54) is 21.8 Å². The van der Waals surface area contributed by atoms with Crippen LogP contribution in [0.1, 0.15) is 35.7 Å². The molecular formula is C31H31FN10O11P2S2. The summed E-state index contributed by atoms with van der Waals surface area (Å²) in [4.78, 5) is 48.7. The zero-order chi connectivity index (χ0) is 40.0. The zero-order valence-corrected chi connectivity index (χ0v) is 32.6. The topological polar surface area (TPSA) is 262 Å². The molecule has 0 spiro atoms. The number of halogens is 1. The van der Waals surface area contributed by atoms with E-state index in [0.29, 0.717) is 5.56 Å². The number of carbonyl (C=O) groups is 1. The van der Waals surface area contributed by atoms with Crippen LogP contribution in [0.5, 0.6) is 0 Å². The van der Waals surface area contributed by atoms with Gasteiger partial charge in [-0.15, -0.1) is 0 Å². The van der Waals surface area contributed by atoms with Gasteiger partial charge in [-0.05, 0) is 23.9 Å². The van der Waals surface area contributed by atoms with E-state index < -0.39 is 87.3 Å². The maximum atomic E-state index is 16.6. The Bertz CT molecular complexity index is 2510. The van der Waals surface area contributed by atoms with Crippen LogP contribution in [0.15, 0.2) is 60.4 Å². The highest BCUT2D eigenvalue weighted by molar-refractivity contribution is 8.44. The van der Waals surface area contributed by atoms with E-state index in [2.05, 4.69) is 47.5 Å². The first-order valence-electron chi connectivity index (χ1n) is 17.1. The van der Waals surface area contributed by atoms with Crippen LogP contribution in [0, 0.1) is 11.3 Å². The molecule has 0 aliphatic carbocycles. The van der Waals surface area contributed by atoms with Crippen LogP contribution in [0.3, 0.4) is 0 Å². The third kappa shape index (κ3) is 7.78. The third-order valence-electron chi connectivity index (χ3n) is 9.33. The van der Waals surface area contributed by atoms with E-state index in [0.717, 1.165) is 12.7 Å². The molecule has 1 amide bonds. The molecule has 57 heavy (non-hydrogen) atoms. The summed E-state index contributed by atoms with van der Waals surface area (Å²) < 4.78 is 75.2. The minimum Gasteiger partial charge on any atom is -0.393 e. The molecule has 3 fully saturated rings. The average molecular weight is 865 g/mol. The molecule has 1 aromatic carbocycles. The maximum Gasteiger partial charge on any atom is 0.386 e. The Hall–Kier alpha value is -4.08. The van der Waals surface area contributed by atoms with Crippen LogP contribution in [-0.2, 0) is 48.5 Å². The summed E-state index contributed by atoms with van der Waals surface area (Å²) in [7, 11) is 0. The van der Waals surface area contributed by atoms with Gasteiger partial charge in [0.05, 0.1) is 57.9 Å². The highest BCUT2D eigenvalue weighted by Gasteiger charge is 2.56. The molecule has 8 rings (SSSR count). The number of carbonyl (C=O) groups excluding carboxylic acids is 1. The number of aliphatic hydroxyl groups is 1. The molecule has 3 N–H and O–H groups in total. The number of benzene rings is 1. The number of imidazole rings is 2. The van der Waals surface area contributed by atoms with Gasteiger partial charge in [-0.1, -0.05) is 30.4 Å². The Balaban J connectivity index is 1.09. The molecule has 3 aliphatic rings. The van der Waals surface area contributed by atoms with Crippen molar-refractivity contribution in [2.24, 2.45) is 0 Å². The number of alkyl halides is 1. The number of anilines is 1. The van der Waals surface area contributed by atoms with Crippen LogP contribution >= 0.6 is 25.8 Å². The second-order valence-electron chi connectivity index (χ2n) is 12.9. The van der Waals surface area contributed by atoms with Gasteiger partial charge in [0.1, 0.15) is 36.5 Å². The van der Waals surface area contributed by atoms with Crippen LogP contribution in [0.25, 0.3) is 22.3 Å². The van der Waals surface area contributed by atoms with E-state index in [9.17, 15) is 24.5 Å². The fourth-order valence-corrected chi connectivity index (χ4v) is 10.2. The number of thiol groups is 1. The summed E-state index contributed by atoms with van der Waals surface area (Å²) in [5, 5.41) is 22.9. The lowest BCUT2D eigenvalue weighted by molar-refractivity contribution is -0.145. The van der Waals surface area contributed by atoms with Crippen molar-refractivity contribution in [3.63, 3.8) is 0 Å². The lowest BCUT2D eigenvalue weighted by Gasteiger charge is -2.36. The lowest BCUT2D eigenvalue weighted by atomic mass is 9.99. The van der Waals surface area contributed by atoms with E-state index in [1.54, 1.807) is 30.3 Å². The standard InChI is InChI=1S/C31H31FN10O11P2S2/c32-21-24-18(50-30(21)42-16-39-23-27(42)36-14-37-29(23)45)10-48-54(46,56)52-19-9-20(51-31(19,11-43)12-49-55(57,53-24)47-8-4-7-33)41-15-38-22-25(34-13-35-26(22)41)40-28(44)17-5-2-1-3-6-17/h1-3,5-6,13-16,18-21,24,30,43H,4,8-12H2,(H,46,56)(H,36,37,45)(H,34,35,40,44)/t18-,19+,20-,21-,24-,30-,31-,54?,55?/m1/s1. The smallest absolute Gasteiger partial charge is 0.386 e. The van der Waals surface area contributed by atoms with Gasteiger partial charge >= 0.3 is 13.5 Å². The molecule has 7 heterocycles. The number of nitrogens with one attached hydrogen (secondary N) is 2. The summed E-state index contributed by atoms with van der Waals surface area (Å²) in [6, 6.07) is 10.4. The Kier molecular flexibility index (Phi) is 11.1. The Labute approximate surface area is 330 Å². The minimum atomic E-state index is -4.39. The van der Waals surface area contributed by atoms with Crippen LogP contribution in [0.2, 0.25) is 0 Å². The van der Waals surface area contributed by atoms with Gasteiger partial charge in [-0.2, -0.15) is 5.26 Å². The summed E-state index contributed by atoms with van der Waals surface area (Å²) in [5.41, 5.74) is -1.68. The maximum absolute atomic E-state index is 16.6. The number of hydrogen-bond donors (Lipinski definition) is 4. The number of H-pyrrole nitrogens is 1. The minimum absolute atomic E-state index is 0.00324. The van der Waals surface area contributed by atoms with Gasteiger partial charge in [0.2, 0.25) is 0 Å². The molecule has 3 saturated heterocycles. The molecule has 0 radical (unpaired) electrons. The van der Waals surface area contributed by atoms with Gasteiger partial charge in [0.15, 0.2) is 40.5 Å². The first kappa shape index (κ1) is 39.7. The van der Waals surface area contributed by atoms with Crippen molar-refractivity contribution in [2.45, 2.75) is 55.4 Å². The molecular weight excluding hydrogens is 833 g/mol. The number of fused-ring (bicyclic) bond motifs is 4. The average Bonchev–Trinajstić information content (AvgIpc) is 3.98. The monoisotopic (exact) mass is 864 g/mol. The molecule has 3 aliphatic heterocycles. The van der Waals surface area contributed by atoms with Gasteiger partial charge in [0.25, 0.3) is 11.5 Å². The van der Waals surface area contributed by atoms with E-state index in [-0.39, 0.29) is 47.6 Å². The van der Waals surface area contributed by atoms with Crippen LogP contribution in [-0.4, -0.2) is 107 Å². The van der Waals surface area contributed by atoms with Gasteiger partial charge in [-0.25, -0.2) is 33.9 Å². The van der Waals surface area contributed by atoms with Gasteiger partial charge in [0, 0.05) is 12.0 Å². The summed E-state index contributed by atoms with van der Waals surface area (Å²) >= 11 is 9.94. The zero-order valence-electron chi connectivity index (χ0n) is 29.1. The fourth-order valence-electron chi connectivity index (χ4n) is 6.56. The molecule has 300 valence electrons. The normalized spacial score (nSPS) is 31.9. The quantitative estimate of drug-likeness (QED) is 0.0992. The van der Waals surface area contributed by atoms with Crippen molar-refractivity contribution in [1.82, 2.24) is 39.0 Å². The lowest BCUT2D eigenvalue weighted by Crippen LogP contribution is -2.48. The third-order valence-corrected chi connectivity index (χ3v) is 13.3. The van der Waals surface area contributed by atoms with Crippen molar-refractivity contribution in [3.05, 3.63) is 71.6 Å². The molecule has 2 unspecified atom stereocenters. The SMILES string of the molecule is N#CCCOP1(=S)OC[C@@]2(CO)O[C@@H](n3cnc4c(NC(=O)c5ccccc5)ncnc43)C[C@@H]2OP(=O)(S)OC[C@H]2O[C@@H](n3cnc4c(=O)[nH]cnc43)[C@H](F)[C@@H]2O1. The molecule has 0 bridgehead atoms. The number of hydrogen-bond acceptors (Lipinski definition) is 18. The van der Waals surface area contributed by atoms with Crippen molar-refractivity contribution >= 4 is 71.6 Å². The number of nitrogens with zero attached hydrogens (tertiary/aromatic N) is 8. The Morgan fingerprint density at radius 1 is 1.14 bits per heavy atom. The number of amides is 1. The van der Waals surface area contributed by atoms with E-state index >= 15 is 4.39 Å². The number of aromatic amines is 1. The van der Waals surface area contributed by atoms with Crippen LogP contribution in [0.4, 0.5) is 10.2 Å². The highest BCUT2D eigenvalue weighted by Crippen LogP contribution is 2.61. The van der Waals surface area contributed by atoms with Crippen molar-refractivity contribution in [1.29, 1.82) is 5.26 Å². The molecule has 0 saturated carbocycles. The summed E-state index contributed by atoms with van der Waals surface area (Å²) in [5.74, 6) is -0.321. The molecule has 26 heteroatoms. The fraction of sp³-hybridized carbons (Fsp3) is 0.419. The molecule has 4 aromatic heterocycles. The van der Waals surface area contributed by atoms with E-state index in [4.69, 9.17) is 43.9 Å². The predicted molar refractivity (Wildman–Crippen MR) is 200 cm³/mol. The summed E-state index contributed by atoms with van der Waals surface area (Å²) in [6.45, 7) is -10.8. The van der Waals surface area contributed by atoms with Gasteiger partial charge < -0.3 is 33.9 Å².